The molecule has 1 aromatic carbocycles. The molecular formula is C24H24N2O5S. The number of furan rings is 1. The summed E-state index contributed by atoms with van der Waals surface area (Å²) in [6.07, 6.45) is 2.45. The molecule has 0 aliphatic rings. The van der Waals surface area contributed by atoms with Crippen molar-refractivity contribution in [1.82, 2.24) is 4.57 Å². The van der Waals surface area contributed by atoms with E-state index in [-0.39, 0.29) is 18.5 Å². The second-order valence-corrected chi connectivity index (χ2v) is 10.2. The van der Waals surface area contributed by atoms with Crippen LogP contribution in [-0.2, 0) is 21.2 Å². The highest BCUT2D eigenvalue weighted by molar-refractivity contribution is 7.92. The van der Waals surface area contributed by atoms with Crippen molar-refractivity contribution < 1.29 is 17.6 Å². The minimum atomic E-state index is -3.73. The number of nitrogens with zero attached hydrogens (tertiary/aromatic N) is 1. The van der Waals surface area contributed by atoms with Crippen LogP contribution in [0.2, 0.25) is 0 Å². The van der Waals surface area contributed by atoms with Crippen LogP contribution in [0.5, 0.6) is 0 Å². The lowest BCUT2D eigenvalue weighted by molar-refractivity contribution is -0.120. The number of carbonyl (C=O) groups excluding carboxylic acids is 1. The van der Waals surface area contributed by atoms with Gasteiger partial charge in [0.2, 0.25) is 5.91 Å². The van der Waals surface area contributed by atoms with Crippen molar-refractivity contribution in [2.75, 3.05) is 6.26 Å². The normalized spacial score (nSPS) is 13.1. The van der Waals surface area contributed by atoms with E-state index in [4.69, 9.17) is 10.2 Å². The maximum atomic E-state index is 12.5. The van der Waals surface area contributed by atoms with E-state index in [0.717, 1.165) is 23.1 Å². The smallest absolute Gasteiger partial charge is 0.251 e. The Bertz CT molecular complexity index is 1370. The van der Waals surface area contributed by atoms with Crippen molar-refractivity contribution in [1.29, 1.82) is 0 Å². The summed E-state index contributed by atoms with van der Waals surface area (Å²) in [4.78, 5) is 24.3. The molecule has 1 atom stereocenters. The van der Waals surface area contributed by atoms with E-state index in [0.29, 0.717) is 11.3 Å². The third-order valence-corrected chi connectivity index (χ3v) is 7.50. The highest BCUT2D eigenvalue weighted by Crippen LogP contribution is 2.22. The van der Waals surface area contributed by atoms with Gasteiger partial charge in [-0.3, -0.25) is 9.59 Å². The van der Waals surface area contributed by atoms with Gasteiger partial charge in [-0.15, -0.1) is 0 Å². The zero-order chi connectivity index (χ0) is 23.5. The van der Waals surface area contributed by atoms with Gasteiger partial charge in [0.05, 0.1) is 0 Å². The molecule has 0 saturated heterocycles. The highest BCUT2D eigenvalue weighted by atomic mass is 32.2. The number of primary amides is 1. The van der Waals surface area contributed by atoms with Crippen molar-refractivity contribution in [3.8, 4) is 23.0 Å². The SMILES string of the molecule is Cc1ccc(C#Cc2ccc(-c3ccn(CC[C@](C)(C(N)=O)S(C)(=O)=O)c(=O)c3)cc2)o1. The molecule has 166 valence electrons. The van der Waals surface area contributed by atoms with E-state index < -0.39 is 20.5 Å². The van der Waals surface area contributed by atoms with E-state index in [9.17, 15) is 18.0 Å². The molecule has 0 fully saturated rings. The molecular weight excluding hydrogens is 428 g/mol. The number of hydrogen-bond acceptors (Lipinski definition) is 5. The Morgan fingerprint density at radius 1 is 1.09 bits per heavy atom. The van der Waals surface area contributed by atoms with Crippen molar-refractivity contribution in [2.24, 2.45) is 5.73 Å². The van der Waals surface area contributed by atoms with Gasteiger partial charge in [0.15, 0.2) is 15.6 Å². The number of hydrogen-bond donors (Lipinski definition) is 1. The van der Waals surface area contributed by atoms with Gasteiger partial charge in [0.25, 0.3) is 5.56 Å². The van der Waals surface area contributed by atoms with E-state index in [2.05, 4.69) is 11.8 Å². The van der Waals surface area contributed by atoms with E-state index in [1.165, 1.54) is 17.6 Å². The summed E-state index contributed by atoms with van der Waals surface area (Å²) in [5, 5.41) is 0. The predicted molar refractivity (Wildman–Crippen MR) is 123 cm³/mol. The lowest BCUT2D eigenvalue weighted by Gasteiger charge is -2.24. The quantitative estimate of drug-likeness (QED) is 0.578. The Balaban J connectivity index is 1.76. The van der Waals surface area contributed by atoms with Gasteiger partial charge >= 0.3 is 0 Å². The molecule has 0 saturated carbocycles. The third-order valence-electron chi connectivity index (χ3n) is 5.45. The Morgan fingerprint density at radius 2 is 1.78 bits per heavy atom. The molecule has 0 unspecified atom stereocenters. The van der Waals surface area contributed by atoms with Crippen LogP contribution in [0.25, 0.3) is 11.1 Å². The summed E-state index contributed by atoms with van der Waals surface area (Å²) in [6, 6.07) is 14.3. The summed E-state index contributed by atoms with van der Waals surface area (Å²) >= 11 is 0. The molecule has 3 rings (SSSR count). The monoisotopic (exact) mass is 452 g/mol. The van der Waals surface area contributed by atoms with Crippen LogP contribution in [-0.4, -0.2) is 29.9 Å². The molecule has 0 aliphatic heterocycles. The fourth-order valence-electron chi connectivity index (χ4n) is 3.08. The molecule has 0 radical (unpaired) electrons. The Hall–Kier alpha value is -3.57. The zero-order valence-electron chi connectivity index (χ0n) is 18.1. The van der Waals surface area contributed by atoms with Gasteiger partial charge < -0.3 is 14.7 Å². The van der Waals surface area contributed by atoms with Gasteiger partial charge in [-0.05, 0) is 67.6 Å². The molecule has 3 aromatic rings. The summed E-state index contributed by atoms with van der Waals surface area (Å²) in [5.41, 5.74) is 7.36. The number of rotatable bonds is 6. The van der Waals surface area contributed by atoms with Gasteiger partial charge in [-0.1, -0.05) is 18.1 Å². The maximum Gasteiger partial charge on any atom is 0.251 e. The highest BCUT2D eigenvalue weighted by Gasteiger charge is 2.41. The van der Waals surface area contributed by atoms with Crippen LogP contribution < -0.4 is 11.3 Å². The number of carbonyl (C=O) groups is 1. The van der Waals surface area contributed by atoms with Crippen molar-refractivity contribution in [3.05, 3.63) is 82.2 Å². The number of sulfone groups is 1. The van der Waals surface area contributed by atoms with E-state index >= 15 is 0 Å². The van der Waals surface area contributed by atoms with Crippen molar-refractivity contribution >= 4 is 15.7 Å². The lowest BCUT2D eigenvalue weighted by Crippen LogP contribution is -2.48. The summed E-state index contributed by atoms with van der Waals surface area (Å²) in [7, 11) is -3.73. The minimum Gasteiger partial charge on any atom is -0.453 e. The molecule has 1 amide bonds. The van der Waals surface area contributed by atoms with Crippen LogP contribution >= 0.6 is 0 Å². The van der Waals surface area contributed by atoms with Gasteiger partial charge in [0, 0.05) is 30.6 Å². The van der Waals surface area contributed by atoms with Gasteiger partial charge in [-0.2, -0.15) is 0 Å². The Labute approximate surface area is 186 Å². The maximum absolute atomic E-state index is 12.5. The predicted octanol–water partition coefficient (Wildman–Crippen LogP) is 2.50. The summed E-state index contributed by atoms with van der Waals surface area (Å²) in [5.74, 6) is 6.45. The number of nitrogens with two attached hydrogens (primary N) is 1. The van der Waals surface area contributed by atoms with E-state index in [1.54, 1.807) is 12.3 Å². The first-order chi connectivity index (χ1) is 15.0. The average Bonchev–Trinajstić information content (AvgIpc) is 3.15. The average molecular weight is 453 g/mol. The second kappa shape index (κ2) is 8.89. The molecule has 2 N–H and O–H groups in total. The van der Waals surface area contributed by atoms with Crippen LogP contribution in [0, 0.1) is 18.8 Å². The van der Waals surface area contributed by atoms with Crippen LogP contribution in [0.4, 0.5) is 0 Å². The van der Waals surface area contributed by atoms with Crippen LogP contribution in [0.15, 0.2) is 63.9 Å². The third kappa shape index (κ3) is 5.01. The zero-order valence-corrected chi connectivity index (χ0v) is 18.9. The largest absolute Gasteiger partial charge is 0.453 e. The van der Waals surface area contributed by atoms with Gasteiger partial charge in [-0.25, -0.2) is 8.42 Å². The summed E-state index contributed by atoms with van der Waals surface area (Å²) in [6.45, 7) is 3.18. The first-order valence-corrected chi connectivity index (χ1v) is 11.8. The molecule has 0 aliphatic carbocycles. The Morgan fingerprint density at radius 3 is 2.31 bits per heavy atom. The number of amides is 1. The first-order valence-electron chi connectivity index (χ1n) is 9.88. The Kier molecular flexibility index (Phi) is 6.42. The molecule has 2 heterocycles. The second-order valence-electron chi connectivity index (χ2n) is 7.80. The molecule has 0 spiro atoms. The topological polar surface area (TPSA) is 112 Å². The molecule has 8 heteroatoms. The fourth-order valence-corrected chi connectivity index (χ4v) is 3.91. The summed E-state index contributed by atoms with van der Waals surface area (Å²) < 4.78 is 29.0. The van der Waals surface area contributed by atoms with Crippen molar-refractivity contribution in [2.45, 2.75) is 31.6 Å². The molecule has 7 nitrogen and oxygen atoms in total. The molecule has 0 bridgehead atoms. The molecule has 2 aromatic heterocycles. The standard InChI is InChI=1S/C24H24N2O5S/c1-17-4-10-21(31-17)11-7-18-5-8-19(9-6-18)20-12-14-26(22(27)16-20)15-13-24(2,23(25)28)32(3,29)30/h4-6,8-10,12,14,16H,13,15H2,1-3H3,(H2,25,28)/t24-/m1/s1. The first kappa shape index (κ1) is 23.1. The minimum absolute atomic E-state index is 0.0480. The number of aromatic nitrogens is 1. The number of benzene rings is 1. The van der Waals surface area contributed by atoms with Crippen LogP contribution in [0.3, 0.4) is 0 Å². The fraction of sp³-hybridized carbons (Fsp3) is 0.250. The number of aryl methyl sites for hydroxylation is 2. The molecule has 32 heavy (non-hydrogen) atoms. The van der Waals surface area contributed by atoms with Crippen molar-refractivity contribution in [3.63, 3.8) is 0 Å². The number of pyridine rings is 1. The van der Waals surface area contributed by atoms with Gasteiger partial charge in [0.1, 0.15) is 10.5 Å². The van der Waals surface area contributed by atoms with E-state index in [1.807, 2.05) is 43.3 Å². The van der Waals surface area contributed by atoms with Crippen LogP contribution in [0.1, 0.15) is 30.4 Å². The lowest BCUT2D eigenvalue weighted by atomic mass is 10.0.